The highest BCUT2D eigenvalue weighted by Gasteiger charge is 2.52. The molecule has 1 unspecified atom stereocenters. The first-order valence-corrected chi connectivity index (χ1v) is 9.42. The van der Waals surface area contributed by atoms with Crippen molar-refractivity contribution in [2.24, 2.45) is 10.8 Å². The Bertz CT molecular complexity index is 535. The topological polar surface area (TPSA) is 0 Å². The molecule has 22 heavy (non-hydrogen) atoms. The minimum atomic E-state index is 0.124. The van der Waals surface area contributed by atoms with Crippen LogP contribution in [0.5, 0.6) is 0 Å². The van der Waals surface area contributed by atoms with Gasteiger partial charge in [0.1, 0.15) is 0 Å². The molecule has 0 saturated carbocycles. The molecule has 0 aromatic carbocycles. The third kappa shape index (κ3) is 3.02. The van der Waals surface area contributed by atoms with Crippen LogP contribution in [0.3, 0.4) is 0 Å². The highest BCUT2D eigenvalue weighted by Crippen LogP contribution is 2.60. The van der Waals surface area contributed by atoms with Crippen molar-refractivity contribution in [3.8, 4) is 0 Å². The maximum atomic E-state index is 2.45. The molecular formula is C21H32S. The number of hydrogen-bond donors (Lipinski definition) is 0. The predicted octanol–water partition coefficient (Wildman–Crippen LogP) is 6.71. The molecule has 0 bridgehead atoms. The van der Waals surface area contributed by atoms with Gasteiger partial charge >= 0.3 is 0 Å². The van der Waals surface area contributed by atoms with Gasteiger partial charge in [0.25, 0.3) is 0 Å². The molecule has 2 aliphatic carbocycles. The fourth-order valence-electron chi connectivity index (χ4n) is 3.91. The Morgan fingerprint density at radius 2 is 1.77 bits per heavy atom. The van der Waals surface area contributed by atoms with Crippen molar-refractivity contribution in [2.45, 2.75) is 71.3 Å². The van der Waals surface area contributed by atoms with Crippen molar-refractivity contribution in [1.29, 1.82) is 0 Å². The van der Waals surface area contributed by atoms with E-state index >= 15 is 0 Å². The Morgan fingerprint density at radius 3 is 2.27 bits per heavy atom. The number of thioether (sulfide) groups is 1. The molecule has 2 rings (SSSR count). The monoisotopic (exact) mass is 316 g/mol. The number of hydrogen-bond acceptors (Lipinski definition) is 1. The predicted molar refractivity (Wildman–Crippen MR) is 102 cm³/mol. The van der Waals surface area contributed by atoms with E-state index in [0.717, 1.165) is 12.8 Å². The second-order valence-electron chi connectivity index (χ2n) is 8.38. The second kappa shape index (κ2) is 6.07. The maximum Gasteiger partial charge on any atom is 0.0504 e. The first kappa shape index (κ1) is 17.7. The summed E-state index contributed by atoms with van der Waals surface area (Å²) in [6.45, 7) is 16.7. The van der Waals surface area contributed by atoms with E-state index in [9.17, 15) is 0 Å². The summed E-state index contributed by atoms with van der Waals surface area (Å²) < 4.78 is 0.134. The number of rotatable bonds is 4. The van der Waals surface area contributed by atoms with Crippen LogP contribution in [-0.4, -0.2) is 10.00 Å². The molecule has 0 heterocycles. The standard InChI is InChI=1S/C21H32S/c1-16(2)22-21(20(6,7)17-12-8-9-13-17)15-11-10-14-18(21)19(3,4)5/h8,10-14,16H,9,15H2,1-7H3. The largest absolute Gasteiger partial charge is 0.147 e. The fourth-order valence-corrected chi connectivity index (χ4v) is 5.82. The van der Waals surface area contributed by atoms with Crippen molar-refractivity contribution in [2.75, 3.05) is 0 Å². The first-order valence-electron chi connectivity index (χ1n) is 8.54. The summed E-state index contributed by atoms with van der Waals surface area (Å²) in [5, 5.41) is 0.613. The smallest absolute Gasteiger partial charge is 0.0504 e. The molecule has 0 saturated heterocycles. The molecule has 0 aromatic rings. The van der Waals surface area contributed by atoms with Crippen LogP contribution in [0.1, 0.15) is 61.3 Å². The SMILES string of the molecule is CC(C)SC1(C(C)(C)C2=CCC=C2)CC=CC=C1C(C)(C)C. The van der Waals surface area contributed by atoms with Gasteiger partial charge in [-0.25, -0.2) is 0 Å². The lowest BCUT2D eigenvalue weighted by Gasteiger charge is -2.53. The van der Waals surface area contributed by atoms with Crippen LogP contribution in [-0.2, 0) is 0 Å². The molecule has 0 amide bonds. The van der Waals surface area contributed by atoms with Crippen molar-refractivity contribution < 1.29 is 0 Å². The van der Waals surface area contributed by atoms with E-state index in [-0.39, 0.29) is 15.6 Å². The molecule has 0 aromatic heterocycles. The van der Waals surface area contributed by atoms with Crippen LogP contribution in [0, 0.1) is 10.8 Å². The molecule has 2 aliphatic rings. The van der Waals surface area contributed by atoms with Crippen molar-refractivity contribution in [1.82, 2.24) is 0 Å². The molecule has 0 radical (unpaired) electrons. The molecule has 0 fully saturated rings. The summed E-state index contributed by atoms with van der Waals surface area (Å²) in [4.78, 5) is 0. The van der Waals surface area contributed by atoms with Gasteiger partial charge in [0.05, 0.1) is 4.75 Å². The van der Waals surface area contributed by atoms with Crippen LogP contribution in [0.4, 0.5) is 0 Å². The Hall–Kier alpha value is -0.690. The van der Waals surface area contributed by atoms with Gasteiger partial charge in [-0.3, -0.25) is 0 Å². The van der Waals surface area contributed by atoms with E-state index in [2.05, 4.69) is 96.7 Å². The molecule has 1 heteroatoms. The Labute approximate surface area is 141 Å². The minimum Gasteiger partial charge on any atom is -0.147 e. The zero-order valence-corrected chi connectivity index (χ0v) is 16.2. The Balaban J connectivity index is 2.60. The lowest BCUT2D eigenvalue weighted by Crippen LogP contribution is -2.48. The second-order valence-corrected chi connectivity index (χ2v) is 10.3. The summed E-state index contributed by atoms with van der Waals surface area (Å²) in [6, 6.07) is 0. The zero-order chi connectivity index (χ0) is 16.6. The molecule has 0 aliphatic heterocycles. The average molecular weight is 317 g/mol. The van der Waals surface area contributed by atoms with E-state index < -0.39 is 0 Å². The van der Waals surface area contributed by atoms with Crippen molar-refractivity contribution >= 4 is 11.8 Å². The van der Waals surface area contributed by atoms with Crippen molar-refractivity contribution in [3.63, 3.8) is 0 Å². The van der Waals surface area contributed by atoms with E-state index in [0.29, 0.717) is 5.25 Å². The van der Waals surface area contributed by atoms with Gasteiger partial charge in [-0.2, -0.15) is 0 Å². The summed E-state index contributed by atoms with van der Waals surface area (Å²) in [5.41, 5.74) is 3.41. The lowest BCUT2D eigenvalue weighted by atomic mass is 9.61. The van der Waals surface area contributed by atoms with Gasteiger partial charge in [-0.05, 0) is 34.7 Å². The number of allylic oxidation sites excluding steroid dienone is 7. The van der Waals surface area contributed by atoms with E-state index in [4.69, 9.17) is 0 Å². The van der Waals surface area contributed by atoms with Gasteiger partial charge in [-0.1, -0.05) is 84.9 Å². The molecular weight excluding hydrogens is 284 g/mol. The van der Waals surface area contributed by atoms with Crippen LogP contribution < -0.4 is 0 Å². The van der Waals surface area contributed by atoms with Crippen LogP contribution in [0.15, 0.2) is 47.6 Å². The fraction of sp³-hybridized carbons (Fsp3) is 0.619. The average Bonchev–Trinajstić information content (AvgIpc) is 2.91. The van der Waals surface area contributed by atoms with E-state index in [1.807, 2.05) is 0 Å². The van der Waals surface area contributed by atoms with E-state index in [1.54, 1.807) is 5.57 Å². The summed E-state index contributed by atoms with van der Waals surface area (Å²) in [7, 11) is 0. The molecule has 0 spiro atoms. The van der Waals surface area contributed by atoms with Gasteiger partial charge in [0, 0.05) is 5.41 Å². The maximum absolute atomic E-state index is 2.45. The zero-order valence-electron chi connectivity index (χ0n) is 15.4. The van der Waals surface area contributed by atoms with Gasteiger partial charge in [-0.15, -0.1) is 11.8 Å². The van der Waals surface area contributed by atoms with Gasteiger partial charge in [0.15, 0.2) is 0 Å². The quantitative estimate of drug-likeness (QED) is 0.555. The Morgan fingerprint density at radius 1 is 1.09 bits per heavy atom. The van der Waals surface area contributed by atoms with Crippen LogP contribution >= 0.6 is 11.8 Å². The third-order valence-electron chi connectivity index (χ3n) is 4.99. The molecule has 1 atom stereocenters. The van der Waals surface area contributed by atoms with E-state index in [1.165, 1.54) is 5.57 Å². The summed E-state index contributed by atoms with van der Waals surface area (Å²) in [6.07, 6.45) is 16.3. The summed E-state index contributed by atoms with van der Waals surface area (Å²) >= 11 is 2.16. The molecule has 122 valence electrons. The third-order valence-corrected chi connectivity index (χ3v) is 6.76. The molecule has 0 N–H and O–H groups in total. The summed E-state index contributed by atoms with van der Waals surface area (Å²) in [5.74, 6) is 0. The Kier molecular flexibility index (Phi) is 4.88. The highest BCUT2D eigenvalue weighted by molar-refractivity contribution is 8.01. The first-order chi connectivity index (χ1) is 10.1. The highest BCUT2D eigenvalue weighted by atomic mass is 32.2. The van der Waals surface area contributed by atoms with Gasteiger partial charge in [0.2, 0.25) is 0 Å². The van der Waals surface area contributed by atoms with Crippen molar-refractivity contribution in [3.05, 3.63) is 47.6 Å². The lowest BCUT2D eigenvalue weighted by molar-refractivity contribution is 0.300. The van der Waals surface area contributed by atoms with Gasteiger partial charge < -0.3 is 0 Å². The van der Waals surface area contributed by atoms with Crippen LogP contribution in [0.2, 0.25) is 0 Å². The molecule has 0 nitrogen and oxygen atoms in total. The normalized spacial score (nSPS) is 25.6. The van der Waals surface area contributed by atoms with Crippen LogP contribution in [0.25, 0.3) is 0 Å². The minimum absolute atomic E-state index is 0.124.